The number of nitrogens with zero attached hydrogens (tertiary/aromatic N) is 1. The molecule has 1 fully saturated rings. The normalized spacial score (nSPS) is 22.4. The molecule has 0 aliphatic heterocycles. The fraction of sp³-hybridized carbons (Fsp3) is 0.471. The van der Waals surface area contributed by atoms with Gasteiger partial charge in [0.1, 0.15) is 0 Å². The van der Waals surface area contributed by atoms with E-state index in [1.165, 1.54) is 25.7 Å². The van der Waals surface area contributed by atoms with Crippen molar-refractivity contribution in [3.8, 4) is 0 Å². The molecule has 2 aromatic rings. The van der Waals surface area contributed by atoms with E-state index in [2.05, 4.69) is 43.7 Å². The van der Waals surface area contributed by atoms with Crippen LogP contribution in [0.1, 0.15) is 25.7 Å². The molecule has 21 heavy (non-hydrogen) atoms. The first kappa shape index (κ1) is 14.8. The molecule has 2 N–H and O–H groups in total. The molecule has 1 aliphatic rings. The largest absolute Gasteiger partial charge is 0.381 e. The third-order valence-electron chi connectivity index (χ3n) is 4.33. The first-order valence-electron chi connectivity index (χ1n) is 7.63. The second-order valence-electron chi connectivity index (χ2n) is 5.86. The van der Waals surface area contributed by atoms with E-state index in [9.17, 15) is 0 Å². The highest BCUT2D eigenvalue weighted by Crippen LogP contribution is 2.29. The van der Waals surface area contributed by atoms with E-state index in [-0.39, 0.29) is 0 Å². The average molecular weight is 347 g/mol. The van der Waals surface area contributed by atoms with Gasteiger partial charge in [0.25, 0.3) is 0 Å². The molecular weight excluding hydrogens is 326 g/mol. The van der Waals surface area contributed by atoms with Crippen molar-refractivity contribution in [1.82, 2.24) is 10.3 Å². The molecule has 0 spiro atoms. The van der Waals surface area contributed by atoms with Gasteiger partial charge in [0.2, 0.25) is 0 Å². The SMILES string of the molecule is CNCC1CCC(Nc2[c]cnc3ccc(Br)cc23)CC1. The van der Waals surface area contributed by atoms with Gasteiger partial charge in [-0.25, -0.2) is 0 Å². The Bertz CT molecular complexity index is 606. The number of anilines is 1. The zero-order valence-electron chi connectivity index (χ0n) is 12.3. The lowest BCUT2D eigenvalue weighted by molar-refractivity contribution is 0.331. The Kier molecular flexibility index (Phi) is 4.76. The smallest absolute Gasteiger partial charge is 0.0724 e. The Morgan fingerprint density at radius 1 is 1.29 bits per heavy atom. The minimum absolute atomic E-state index is 0.555. The van der Waals surface area contributed by atoms with E-state index in [0.717, 1.165) is 33.5 Å². The molecule has 0 unspecified atom stereocenters. The molecule has 111 valence electrons. The van der Waals surface area contributed by atoms with Crippen LogP contribution in [0.25, 0.3) is 10.9 Å². The van der Waals surface area contributed by atoms with Gasteiger partial charge in [-0.2, -0.15) is 0 Å². The van der Waals surface area contributed by atoms with Gasteiger partial charge in [0.05, 0.1) is 11.2 Å². The van der Waals surface area contributed by atoms with Crippen LogP contribution >= 0.6 is 15.9 Å². The van der Waals surface area contributed by atoms with Crippen LogP contribution in [0.3, 0.4) is 0 Å². The van der Waals surface area contributed by atoms with E-state index in [4.69, 9.17) is 0 Å². The predicted molar refractivity (Wildman–Crippen MR) is 91.6 cm³/mol. The summed E-state index contributed by atoms with van der Waals surface area (Å²) < 4.78 is 1.08. The number of fused-ring (bicyclic) bond motifs is 1. The maximum Gasteiger partial charge on any atom is 0.0724 e. The van der Waals surface area contributed by atoms with Gasteiger partial charge in [-0.1, -0.05) is 15.9 Å². The van der Waals surface area contributed by atoms with Crippen molar-refractivity contribution in [1.29, 1.82) is 0 Å². The lowest BCUT2D eigenvalue weighted by atomic mass is 9.86. The van der Waals surface area contributed by atoms with Crippen LogP contribution in [-0.2, 0) is 0 Å². The molecule has 1 aliphatic carbocycles. The van der Waals surface area contributed by atoms with Crippen molar-refractivity contribution in [2.45, 2.75) is 31.7 Å². The summed E-state index contributed by atoms with van der Waals surface area (Å²) in [6, 6.07) is 10.0. The third kappa shape index (κ3) is 3.55. The van der Waals surface area contributed by atoms with Crippen LogP contribution in [-0.4, -0.2) is 24.6 Å². The third-order valence-corrected chi connectivity index (χ3v) is 4.82. The van der Waals surface area contributed by atoms with Crippen molar-refractivity contribution >= 4 is 32.5 Å². The van der Waals surface area contributed by atoms with E-state index in [0.29, 0.717) is 6.04 Å². The lowest BCUT2D eigenvalue weighted by Gasteiger charge is -2.29. The standard InChI is InChI=1S/C17H21BrN3/c1-19-11-12-2-5-14(6-3-12)21-17-8-9-20-16-7-4-13(18)10-15(16)17/h4,7,9-10,12,14,19H,2-3,5-6,11H2,1H3,(H,20,21). The molecule has 3 nitrogen and oxygen atoms in total. The number of hydrogen-bond donors (Lipinski definition) is 2. The van der Waals surface area contributed by atoms with Gasteiger partial charge < -0.3 is 10.6 Å². The highest BCUT2D eigenvalue weighted by Gasteiger charge is 2.21. The molecule has 1 radical (unpaired) electrons. The van der Waals surface area contributed by atoms with Crippen LogP contribution in [0.15, 0.2) is 28.9 Å². The summed E-state index contributed by atoms with van der Waals surface area (Å²) in [7, 11) is 2.04. The lowest BCUT2D eigenvalue weighted by Crippen LogP contribution is -2.30. The van der Waals surface area contributed by atoms with Crippen LogP contribution in [0.5, 0.6) is 0 Å². The molecule has 0 saturated heterocycles. The van der Waals surface area contributed by atoms with Crippen LogP contribution in [0, 0.1) is 12.0 Å². The van der Waals surface area contributed by atoms with Crippen molar-refractivity contribution < 1.29 is 0 Å². The Hall–Kier alpha value is -1.13. The molecular formula is C17H21BrN3. The van der Waals surface area contributed by atoms with Crippen molar-refractivity contribution in [3.05, 3.63) is 34.9 Å². The maximum atomic E-state index is 4.39. The molecule has 0 amide bonds. The number of halogens is 1. The number of pyridine rings is 1. The van der Waals surface area contributed by atoms with Gasteiger partial charge in [-0.3, -0.25) is 4.98 Å². The Morgan fingerprint density at radius 2 is 2.10 bits per heavy atom. The summed E-state index contributed by atoms with van der Waals surface area (Å²) in [5.74, 6) is 0.834. The zero-order valence-corrected chi connectivity index (χ0v) is 13.9. The van der Waals surface area contributed by atoms with Gasteiger partial charge >= 0.3 is 0 Å². The predicted octanol–water partition coefficient (Wildman–Crippen LogP) is 3.99. The topological polar surface area (TPSA) is 37.0 Å². The molecule has 4 heteroatoms. The number of aromatic nitrogens is 1. The van der Waals surface area contributed by atoms with E-state index >= 15 is 0 Å². The van der Waals surface area contributed by atoms with Crippen molar-refractivity contribution in [2.24, 2.45) is 5.92 Å². The summed E-state index contributed by atoms with van der Waals surface area (Å²) in [4.78, 5) is 4.39. The average Bonchev–Trinajstić information content (AvgIpc) is 2.50. The molecule has 0 atom stereocenters. The first-order chi connectivity index (χ1) is 10.3. The first-order valence-corrected chi connectivity index (χ1v) is 8.42. The molecule has 1 aromatic carbocycles. The number of benzene rings is 1. The van der Waals surface area contributed by atoms with Crippen LogP contribution in [0.2, 0.25) is 0 Å². The van der Waals surface area contributed by atoms with Crippen LogP contribution in [0.4, 0.5) is 5.69 Å². The van der Waals surface area contributed by atoms with Gasteiger partial charge in [-0.15, -0.1) is 0 Å². The monoisotopic (exact) mass is 346 g/mol. The summed E-state index contributed by atoms with van der Waals surface area (Å²) in [6.07, 6.45) is 6.83. The number of rotatable bonds is 4. The van der Waals surface area contributed by atoms with Gasteiger partial charge in [-0.05, 0) is 63.4 Å². The highest BCUT2D eigenvalue weighted by molar-refractivity contribution is 9.10. The van der Waals surface area contributed by atoms with E-state index < -0.39 is 0 Å². The van der Waals surface area contributed by atoms with Gasteiger partial charge in [0, 0.05) is 28.2 Å². The maximum absolute atomic E-state index is 4.39. The fourth-order valence-corrected chi connectivity index (χ4v) is 3.55. The van der Waals surface area contributed by atoms with Gasteiger partial charge in [0.15, 0.2) is 0 Å². The molecule has 1 heterocycles. The fourth-order valence-electron chi connectivity index (χ4n) is 3.19. The Morgan fingerprint density at radius 3 is 2.86 bits per heavy atom. The molecule has 0 bridgehead atoms. The summed E-state index contributed by atoms with van der Waals surface area (Å²) in [5.41, 5.74) is 2.10. The minimum atomic E-state index is 0.555. The summed E-state index contributed by atoms with van der Waals surface area (Å²) in [5, 5.41) is 8.11. The van der Waals surface area contributed by atoms with Crippen LogP contribution < -0.4 is 10.6 Å². The summed E-state index contributed by atoms with van der Waals surface area (Å²) >= 11 is 3.54. The Labute approximate surface area is 134 Å². The molecule has 3 rings (SSSR count). The second-order valence-corrected chi connectivity index (χ2v) is 6.77. The zero-order chi connectivity index (χ0) is 14.7. The minimum Gasteiger partial charge on any atom is -0.381 e. The second kappa shape index (κ2) is 6.75. The summed E-state index contributed by atoms with van der Waals surface area (Å²) in [6.45, 7) is 1.14. The van der Waals surface area contributed by atoms with E-state index in [1.54, 1.807) is 6.20 Å². The molecule has 1 aromatic heterocycles. The molecule has 1 saturated carbocycles. The highest BCUT2D eigenvalue weighted by atomic mass is 79.9. The van der Waals surface area contributed by atoms with Crippen molar-refractivity contribution in [3.63, 3.8) is 0 Å². The Balaban J connectivity index is 1.72. The number of hydrogen-bond acceptors (Lipinski definition) is 3. The van der Waals surface area contributed by atoms with Crippen molar-refractivity contribution in [2.75, 3.05) is 18.9 Å². The van der Waals surface area contributed by atoms with E-state index in [1.807, 2.05) is 19.2 Å². The number of nitrogens with one attached hydrogen (secondary N) is 2. The quantitative estimate of drug-likeness (QED) is 0.878.